The van der Waals surface area contributed by atoms with Gasteiger partial charge in [0.1, 0.15) is 5.01 Å². The fourth-order valence-electron chi connectivity index (χ4n) is 1.78. The lowest BCUT2D eigenvalue weighted by atomic mass is 10.2. The van der Waals surface area contributed by atoms with Crippen molar-refractivity contribution in [3.05, 3.63) is 40.2 Å². The third-order valence-corrected chi connectivity index (χ3v) is 3.87. The minimum atomic E-state index is -1.47. The Hall–Kier alpha value is -1.40. The molecule has 0 aliphatic carbocycles. The van der Waals surface area contributed by atoms with Gasteiger partial charge in [0.25, 0.3) is 0 Å². The third kappa shape index (κ3) is 2.64. The molecule has 0 saturated carbocycles. The Morgan fingerprint density at radius 1 is 1.21 bits per heavy atom. The van der Waals surface area contributed by atoms with E-state index in [1.54, 1.807) is 0 Å². The summed E-state index contributed by atoms with van der Waals surface area (Å²) < 4.78 is 39.8. The first-order valence-electron chi connectivity index (χ1n) is 5.91. The van der Waals surface area contributed by atoms with Crippen LogP contribution >= 0.6 is 11.3 Å². The van der Waals surface area contributed by atoms with Crippen molar-refractivity contribution in [2.24, 2.45) is 5.73 Å². The Balaban J connectivity index is 2.50. The third-order valence-electron chi connectivity index (χ3n) is 2.72. The molecule has 0 atom stereocenters. The fourth-order valence-corrected chi connectivity index (χ4v) is 2.79. The molecular weight excluding hydrogens is 273 g/mol. The summed E-state index contributed by atoms with van der Waals surface area (Å²) in [5, 5.41) is 0.334. The Morgan fingerprint density at radius 3 is 2.58 bits per heavy atom. The molecule has 0 spiro atoms. The first kappa shape index (κ1) is 14.0. The molecule has 0 aliphatic heterocycles. The molecule has 2 rings (SSSR count). The molecule has 0 radical (unpaired) electrons. The van der Waals surface area contributed by atoms with E-state index in [1.165, 1.54) is 17.4 Å². The van der Waals surface area contributed by atoms with Crippen LogP contribution in [0.2, 0.25) is 0 Å². The van der Waals surface area contributed by atoms with Crippen LogP contribution < -0.4 is 5.73 Å². The van der Waals surface area contributed by atoms with Crippen LogP contribution in [0.15, 0.2) is 12.1 Å². The van der Waals surface area contributed by atoms with Crippen LogP contribution in [0.4, 0.5) is 13.2 Å². The average Bonchev–Trinajstić information content (AvgIpc) is 2.79. The van der Waals surface area contributed by atoms with E-state index in [0.29, 0.717) is 11.6 Å². The van der Waals surface area contributed by atoms with E-state index in [4.69, 9.17) is 5.73 Å². The molecule has 0 amide bonds. The summed E-state index contributed by atoms with van der Waals surface area (Å²) in [4.78, 5) is 5.13. The summed E-state index contributed by atoms with van der Waals surface area (Å²) in [6.07, 6.45) is 1.62. The van der Waals surface area contributed by atoms with E-state index in [0.717, 1.165) is 29.5 Å². The van der Waals surface area contributed by atoms with Crippen LogP contribution in [0.25, 0.3) is 10.6 Å². The summed E-state index contributed by atoms with van der Waals surface area (Å²) in [7, 11) is 0. The fraction of sp³-hybridized carbons (Fsp3) is 0.308. The summed E-state index contributed by atoms with van der Waals surface area (Å²) in [6, 6.07) is 2.10. The van der Waals surface area contributed by atoms with Crippen molar-refractivity contribution in [2.45, 2.75) is 26.3 Å². The van der Waals surface area contributed by atoms with Crippen molar-refractivity contribution in [1.82, 2.24) is 4.98 Å². The highest BCUT2D eigenvalue weighted by molar-refractivity contribution is 7.15. The number of aryl methyl sites for hydroxylation is 1. The second-order valence-electron chi connectivity index (χ2n) is 4.07. The van der Waals surface area contributed by atoms with Crippen molar-refractivity contribution >= 4 is 11.3 Å². The number of thiazole rings is 1. The van der Waals surface area contributed by atoms with Gasteiger partial charge in [-0.05, 0) is 18.6 Å². The highest BCUT2D eigenvalue weighted by Gasteiger charge is 2.18. The van der Waals surface area contributed by atoms with Crippen molar-refractivity contribution in [3.63, 3.8) is 0 Å². The minimum Gasteiger partial charge on any atom is -0.326 e. The summed E-state index contributed by atoms with van der Waals surface area (Å²) in [5.41, 5.74) is 6.38. The van der Waals surface area contributed by atoms with Crippen molar-refractivity contribution in [2.75, 3.05) is 0 Å². The number of halogens is 3. The van der Waals surface area contributed by atoms with Crippen molar-refractivity contribution in [3.8, 4) is 10.6 Å². The molecule has 0 bridgehead atoms. The molecule has 2 aromatic rings. The molecule has 2 N–H and O–H groups in total. The first-order chi connectivity index (χ1) is 9.08. The second-order valence-corrected chi connectivity index (χ2v) is 5.15. The highest BCUT2D eigenvalue weighted by atomic mass is 32.1. The van der Waals surface area contributed by atoms with E-state index < -0.39 is 17.5 Å². The van der Waals surface area contributed by atoms with Crippen LogP contribution in [0.5, 0.6) is 0 Å². The van der Waals surface area contributed by atoms with E-state index in [9.17, 15) is 13.2 Å². The number of rotatable bonds is 4. The van der Waals surface area contributed by atoms with Gasteiger partial charge in [-0.25, -0.2) is 18.2 Å². The summed E-state index contributed by atoms with van der Waals surface area (Å²) in [5.74, 6) is -3.88. The molecule has 102 valence electrons. The normalized spacial score (nSPS) is 11.0. The first-order valence-corrected chi connectivity index (χ1v) is 6.72. The maximum Gasteiger partial charge on any atom is 0.195 e. The number of hydrogen-bond acceptors (Lipinski definition) is 3. The van der Waals surface area contributed by atoms with Crippen LogP contribution in [-0.2, 0) is 13.0 Å². The SMILES string of the molecule is CCCc1nc(-c2ccc(F)c(F)c2F)sc1CN. The van der Waals surface area contributed by atoms with Gasteiger partial charge in [-0.1, -0.05) is 13.3 Å². The summed E-state index contributed by atoms with van der Waals surface area (Å²) in [6.45, 7) is 2.30. The lowest BCUT2D eigenvalue weighted by Crippen LogP contribution is -1.98. The molecule has 1 aromatic carbocycles. The van der Waals surface area contributed by atoms with E-state index >= 15 is 0 Å². The molecule has 0 fully saturated rings. The second kappa shape index (κ2) is 5.71. The average molecular weight is 286 g/mol. The van der Waals surface area contributed by atoms with Crippen molar-refractivity contribution in [1.29, 1.82) is 0 Å². The van der Waals surface area contributed by atoms with Crippen molar-refractivity contribution < 1.29 is 13.2 Å². The standard InChI is InChI=1S/C13H13F3N2S/c1-2-3-9-10(6-17)19-13(18-9)7-4-5-8(14)12(16)11(7)15/h4-5H,2-3,6,17H2,1H3. The van der Waals surface area contributed by atoms with E-state index in [-0.39, 0.29) is 5.56 Å². The largest absolute Gasteiger partial charge is 0.326 e. The predicted molar refractivity (Wildman–Crippen MR) is 69.3 cm³/mol. The van der Waals surface area contributed by atoms with Crippen LogP contribution in [-0.4, -0.2) is 4.98 Å². The highest BCUT2D eigenvalue weighted by Crippen LogP contribution is 2.31. The lowest BCUT2D eigenvalue weighted by Gasteiger charge is -2.00. The maximum atomic E-state index is 13.7. The minimum absolute atomic E-state index is 0.0269. The van der Waals surface area contributed by atoms with Crippen LogP contribution in [0.3, 0.4) is 0 Å². The van der Waals surface area contributed by atoms with Gasteiger partial charge in [0.15, 0.2) is 17.5 Å². The van der Waals surface area contributed by atoms with Gasteiger partial charge in [0, 0.05) is 17.0 Å². The van der Waals surface area contributed by atoms with Crippen LogP contribution in [0.1, 0.15) is 23.9 Å². The molecule has 2 nitrogen and oxygen atoms in total. The Bertz CT molecular complexity index is 596. The molecule has 0 saturated heterocycles. The number of aromatic nitrogens is 1. The molecule has 6 heteroatoms. The monoisotopic (exact) mass is 286 g/mol. The Labute approximate surface area is 113 Å². The smallest absolute Gasteiger partial charge is 0.195 e. The zero-order valence-corrected chi connectivity index (χ0v) is 11.2. The van der Waals surface area contributed by atoms with Gasteiger partial charge < -0.3 is 5.73 Å². The van der Waals surface area contributed by atoms with Gasteiger partial charge in [0.2, 0.25) is 0 Å². The molecule has 1 heterocycles. The van der Waals surface area contributed by atoms with Crippen LogP contribution in [0, 0.1) is 17.5 Å². The summed E-state index contributed by atoms with van der Waals surface area (Å²) >= 11 is 1.22. The number of nitrogens with zero attached hydrogens (tertiary/aromatic N) is 1. The molecule has 1 aromatic heterocycles. The Morgan fingerprint density at radius 2 is 1.95 bits per heavy atom. The molecule has 0 aliphatic rings. The van der Waals surface area contributed by atoms with Gasteiger partial charge in [0.05, 0.1) is 5.69 Å². The Kier molecular flexibility index (Phi) is 4.21. The molecule has 19 heavy (non-hydrogen) atoms. The number of benzene rings is 1. The van der Waals surface area contributed by atoms with E-state index in [1.807, 2.05) is 6.92 Å². The van der Waals surface area contributed by atoms with Gasteiger partial charge in [-0.3, -0.25) is 0 Å². The number of nitrogens with two attached hydrogens (primary N) is 1. The lowest BCUT2D eigenvalue weighted by molar-refractivity contribution is 0.449. The quantitative estimate of drug-likeness (QED) is 0.872. The van der Waals surface area contributed by atoms with Gasteiger partial charge in [-0.15, -0.1) is 11.3 Å². The maximum absolute atomic E-state index is 13.7. The van der Waals surface area contributed by atoms with E-state index in [2.05, 4.69) is 4.98 Å². The topological polar surface area (TPSA) is 38.9 Å². The zero-order valence-electron chi connectivity index (χ0n) is 10.3. The van der Waals surface area contributed by atoms with Gasteiger partial charge in [-0.2, -0.15) is 0 Å². The predicted octanol–water partition coefficient (Wildman–Crippen LogP) is 3.64. The molecular formula is C13H13F3N2S. The number of hydrogen-bond donors (Lipinski definition) is 1. The van der Waals surface area contributed by atoms with Gasteiger partial charge >= 0.3 is 0 Å². The molecule has 0 unspecified atom stereocenters. The zero-order chi connectivity index (χ0) is 14.0.